The maximum Gasteiger partial charge on any atom is 0.195 e. The zero-order valence-electron chi connectivity index (χ0n) is 10.8. The first-order chi connectivity index (χ1) is 8.15. The van der Waals surface area contributed by atoms with Crippen LogP contribution >= 0.6 is 12.2 Å². The minimum atomic E-state index is 0.289. The quantitative estimate of drug-likeness (QED) is 0.794. The largest absolute Gasteiger partial charge is 0.380 e. The zero-order valence-corrected chi connectivity index (χ0v) is 11.6. The van der Waals surface area contributed by atoms with E-state index in [-0.39, 0.29) is 6.04 Å². The lowest BCUT2D eigenvalue weighted by Gasteiger charge is -2.23. The molecule has 1 heterocycles. The van der Waals surface area contributed by atoms with Crippen molar-refractivity contribution in [1.82, 2.24) is 14.8 Å². The van der Waals surface area contributed by atoms with E-state index in [1.807, 2.05) is 6.92 Å². The third-order valence-corrected chi connectivity index (χ3v) is 3.56. The molecule has 2 rings (SSSR count). The van der Waals surface area contributed by atoms with E-state index in [0.717, 1.165) is 17.2 Å². The third-order valence-electron chi connectivity index (χ3n) is 3.27. The van der Waals surface area contributed by atoms with Crippen LogP contribution in [0.2, 0.25) is 0 Å². The highest BCUT2D eigenvalue weighted by Crippen LogP contribution is 2.40. The van der Waals surface area contributed by atoms with Crippen molar-refractivity contribution in [2.45, 2.75) is 45.6 Å². The fraction of sp³-hybridized carbons (Fsp3) is 0.833. The van der Waals surface area contributed by atoms with Crippen LogP contribution in [0.1, 0.15) is 51.4 Å². The van der Waals surface area contributed by atoms with Crippen LogP contribution in [-0.2, 0) is 4.74 Å². The van der Waals surface area contributed by atoms with Crippen LogP contribution in [0.3, 0.4) is 0 Å². The molecule has 1 N–H and O–H groups in total. The molecule has 1 saturated carbocycles. The molecule has 0 amide bonds. The summed E-state index contributed by atoms with van der Waals surface area (Å²) in [4.78, 5) is 0. The number of ether oxygens (including phenoxy) is 1. The van der Waals surface area contributed by atoms with E-state index in [9.17, 15) is 0 Å². The van der Waals surface area contributed by atoms with Gasteiger partial charge in [-0.2, -0.15) is 5.10 Å². The molecule has 1 unspecified atom stereocenters. The van der Waals surface area contributed by atoms with E-state index in [1.54, 1.807) is 0 Å². The average Bonchev–Trinajstić information content (AvgIpc) is 3.05. The van der Waals surface area contributed by atoms with Crippen LogP contribution in [0.15, 0.2) is 0 Å². The van der Waals surface area contributed by atoms with E-state index in [0.29, 0.717) is 18.4 Å². The van der Waals surface area contributed by atoms with Crippen molar-refractivity contribution in [2.24, 2.45) is 5.92 Å². The first kappa shape index (κ1) is 12.8. The number of rotatable bonds is 6. The second kappa shape index (κ2) is 5.31. The first-order valence-corrected chi connectivity index (χ1v) is 6.80. The first-order valence-electron chi connectivity index (χ1n) is 6.39. The van der Waals surface area contributed by atoms with Crippen LogP contribution in [0.5, 0.6) is 0 Å². The van der Waals surface area contributed by atoms with E-state index < -0.39 is 0 Å². The number of nitrogens with zero attached hydrogens (tertiary/aromatic N) is 2. The molecule has 0 radical (unpaired) electrons. The van der Waals surface area contributed by atoms with Crippen LogP contribution in [-0.4, -0.2) is 28.0 Å². The van der Waals surface area contributed by atoms with Gasteiger partial charge in [-0.05, 0) is 37.9 Å². The van der Waals surface area contributed by atoms with Crippen molar-refractivity contribution in [2.75, 3.05) is 13.2 Å². The van der Waals surface area contributed by atoms with Crippen LogP contribution < -0.4 is 0 Å². The average molecular weight is 255 g/mol. The summed E-state index contributed by atoms with van der Waals surface area (Å²) in [5.74, 6) is 2.21. The van der Waals surface area contributed by atoms with Crippen molar-refractivity contribution in [3.63, 3.8) is 0 Å². The van der Waals surface area contributed by atoms with Gasteiger partial charge in [0.25, 0.3) is 0 Å². The molecule has 0 aromatic carbocycles. The summed E-state index contributed by atoms with van der Waals surface area (Å²) in [7, 11) is 0. The standard InChI is InChI=1S/C12H21N3OS/c1-4-16-7-10(8(2)3)15-11(9-5-6-9)13-14-12(15)17/h8-10H,4-7H2,1-3H3,(H,14,17). The van der Waals surface area contributed by atoms with E-state index >= 15 is 0 Å². The lowest BCUT2D eigenvalue weighted by molar-refractivity contribution is 0.0946. The Balaban J connectivity index is 2.27. The van der Waals surface area contributed by atoms with Crippen LogP contribution in [0.25, 0.3) is 0 Å². The Kier molecular flexibility index (Phi) is 3.99. The van der Waals surface area contributed by atoms with Crippen molar-refractivity contribution >= 4 is 12.2 Å². The maximum absolute atomic E-state index is 5.58. The minimum absolute atomic E-state index is 0.289. The van der Waals surface area contributed by atoms with Crippen molar-refractivity contribution < 1.29 is 4.74 Å². The smallest absolute Gasteiger partial charge is 0.195 e. The molecule has 1 aliphatic carbocycles. The summed E-state index contributed by atoms with van der Waals surface area (Å²) in [5.41, 5.74) is 0. The van der Waals surface area contributed by atoms with Gasteiger partial charge >= 0.3 is 0 Å². The lowest BCUT2D eigenvalue weighted by atomic mass is 10.0. The summed E-state index contributed by atoms with van der Waals surface area (Å²) >= 11 is 5.36. The molecule has 17 heavy (non-hydrogen) atoms. The van der Waals surface area contributed by atoms with Gasteiger partial charge in [0, 0.05) is 12.5 Å². The van der Waals surface area contributed by atoms with Gasteiger partial charge in [0.1, 0.15) is 5.82 Å². The zero-order chi connectivity index (χ0) is 12.4. The number of hydrogen-bond acceptors (Lipinski definition) is 3. The molecular weight excluding hydrogens is 234 g/mol. The van der Waals surface area contributed by atoms with Crippen LogP contribution in [0, 0.1) is 10.7 Å². The minimum Gasteiger partial charge on any atom is -0.380 e. The topological polar surface area (TPSA) is 42.8 Å². The van der Waals surface area contributed by atoms with Gasteiger partial charge in [-0.15, -0.1) is 0 Å². The highest BCUT2D eigenvalue weighted by atomic mass is 32.1. The Morgan fingerprint density at radius 2 is 2.24 bits per heavy atom. The number of aromatic nitrogens is 3. The van der Waals surface area contributed by atoms with Gasteiger partial charge in [-0.3, -0.25) is 9.67 Å². The summed E-state index contributed by atoms with van der Waals surface area (Å²) in [6.45, 7) is 7.88. The monoisotopic (exact) mass is 255 g/mol. The molecule has 0 saturated heterocycles. The molecule has 0 bridgehead atoms. The predicted molar refractivity (Wildman–Crippen MR) is 69.8 cm³/mol. The summed E-state index contributed by atoms with van der Waals surface area (Å²) in [6.07, 6.45) is 2.47. The highest BCUT2D eigenvalue weighted by Gasteiger charge is 2.32. The summed E-state index contributed by atoms with van der Waals surface area (Å²) < 4.78 is 8.48. The molecule has 0 spiro atoms. The molecule has 1 aromatic heterocycles. The van der Waals surface area contributed by atoms with Gasteiger partial charge in [-0.25, -0.2) is 0 Å². The van der Waals surface area contributed by atoms with E-state index in [2.05, 4.69) is 28.6 Å². The molecular formula is C12H21N3OS. The molecule has 0 aliphatic heterocycles. The van der Waals surface area contributed by atoms with Gasteiger partial charge in [0.2, 0.25) is 0 Å². The third kappa shape index (κ3) is 2.77. The Hall–Kier alpha value is -0.680. The fourth-order valence-corrected chi connectivity index (χ4v) is 2.35. The second-order valence-electron chi connectivity index (χ2n) is 5.00. The predicted octanol–water partition coefficient (Wildman–Crippen LogP) is 3.05. The summed E-state index contributed by atoms with van der Waals surface area (Å²) in [6, 6.07) is 0.289. The molecule has 96 valence electrons. The van der Waals surface area contributed by atoms with Crippen LogP contribution in [0.4, 0.5) is 0 Å². The molecule has 1 fully saturated rings. The Labute approximate surface area is 107 Å². The molecule has 1 atom stereocenters. The maximum atomic E-state index is 5.58. The second-order valence-corrected chi connectivity index (χ2v) is 5.39. The molecule has 1 aliphatic rings. The SMILES string of the molecule is CCOCC(C(C)C)n1c(C2CC2)n[nH]c1=S. The molecule has 1 aromatic rings. The Morgan fingerprint density at radius 1 is 1.53 bits per heavy atom. The number of nitrogens with one attached hydrogen (secondary N) is 1. The van der Waals surface area contributed by atoms with E-state index in [1.165, 1.54) is 12.8 Å². The molecule has 4 nitrogen and oxygen atoms in total. The Bertz CT molecular complexity index is 420. The van der Waals surface area contributed by atoms with Crippen molar-refractivity contribution in [3.8, 4) is 0 Å². The lowest BCUT2D eigenvalue weighted by Crippen LogP contribution is -2.23. The van der Waals surface area contributed by atoms with Crippen molar-refractivity contribution in [1.29, 1.82) is 0 Å². The van der Waals surface area contributed by atoms with Gasteiger partial charge in [0.15, 0.2) is 4.77 Å². The number of H-pyrrole nitrogens is 1. The Morgan fingerprint density at radius 3 is 2.76 bits per heavy atom. The normalized spacial score (nSPS) is 17.6. The van der Waals surface area contributed by atoms with Gasteiger partial charge < -0.3 is 4.74 Å². The summed E-state index contributed by atoms with van der Waals surface area (Å²) in [5, 5.41) is 7.31. The molecule has 5 heteroatoms. The van der Waals surface area contributed by atoms with Gasteiger partial charge in [-0.1, -0.05) is 13.8 Å². The van der Waals surface area contributed by atoms with Gasteiger partial charge in [0.05, 0.1) is 12.6 Å². The van der Waals surface area contributed by atoms with Crippen molar-refractivity contribution in [3.05, 3.63) is 10.6 Å². The fourth-order valence-electron chi connectivity index (χ4n) is 2.07. The van der Waals surface area contributed by atoms with E-state index in [4.69, 9.17) is 17.0 Å². The number of aromatic amines is 1. The number of hydrogen-bond donors (Lipinski definition) is 1. The highest BCUT2D eigenvalue weighted by molar-refractivity contribution is 7.71.